The van der Waals surface area contributed by atoms with Gasteiger partial charge in [0.25, 0.3) is 0 Å². The first-order valence-corrected chi connectivity index (χ1v) is 7.89. The summed E-state index contributed by atoms with van der Waals surface area (Å²) in [7, 11) is 1.17. The monoisotopic (exact) mass is 365 g/mol. The number of phenols is 2. The van der Waals surface area contributed by atoms with Gasteiger partial charge in [-0.05, 0) is 12.8 Å². The molecule has 140 valence electrons. The Hall–Kier alpha value is -3.30. The molecule has 26 heavy (non-hydrogen) atoms. The quantitative estimate of drug-likeness (QED) is 0.342. The first kappa shape index (κ1) is 19.0. The first-order chi connectivity index (χ1) is 12.3. The number of amides is 2. The number of hydrogen-bond donors (Lipinski definition) is 4. The van der Waals surface area contributed by atoms with Crippen LogP contribution in [0.4, 0.5) is 10.5 Å². The number of nitrogens with zero attached hydrogens (tertiary/aromatic N) is 1. The molecule has 0 spiro atoms. The zero-order chi connectivity index (χ0) is 19.4. The molecule has 0 fully saturated rings. The van der Waals surface area contributed by atoms with Crippen LogP contribution in [0.3, 0.4) is 0 Å². The molecule has 2 amide bonds. The van der Waals surface area contributed by atoms with Crippen LogP contribution >= 0.6 is 0 Å². The molecule has 0 radical (unpaired) electrons. The number of hydrogen-bond acceptors (Lipinski definition) is 7. The lowest BCUT2D eigenvalue weighted by molar-refractivity contribution is -0.386. The van der Waals surface area contributed by atoms with E-state index in [1.807, 2.05) is 6.92 Å². The molecule has 1 aliphatic heterocycles. The average Bonchev–Trinajstić information content (AvgIpc) is 2.58. The van der Waals surface area contributed by atoms with Crippen molar-refractivity contribution >= 4 is 17.7 Å². The normalized spacial score (nSPS) is 16.7. The Morgan fingerprint density at radius 2 is 2.04 bits per heavy atom. The summed E-state index contributed by atoms with van der Waals surface area (Å²) in [5.74, 6) is -1.98. The van der Waals surface area contributed by atoms with Crippen LogP contribution < -0.4 is 10.6 Å². The molecule has 10 nitrogen and oxygen atoms in total. The molecule has 10 heteroatoms. The highest BCUT2D eigenvalue weighted by molar-refractivity contribution is 5.95. The van der Waals surface area contributed by atoms with Crippen LogP contribution in [0.15, 0.2) is 23.4 Å². The van der Waals surface area contributed by atoms with Crippen molar-refractivity contribution in [1.82, 2.24) is 10.6 Å². The van der Waals surface area contributed by atoms with Gasteiger partial charge in [0.1, 0.15) is 5.75 Å². The van der Waals surface area contributed by atoms with Crippen molar-refractivity contribution < 1.29 is 29.5 Å². The van der Waals surface area contributed by atoms with E-state index in [0.717, 1.165) is 18.6 Å². The van der Waals surface area contributed by atoms with Crippen molar-refractivity contribution in [1.29, 1.82) is 0 Å². The highest BCUT2D eigenvalue weighted by Gasteiger charge is 2.36. The van der Waals surface area contributed by atoms with Crippen LogP contribution in [-0.2, 0) is 9.53 Å². The second kappa shape index (κ2) is 7.72. The fourth-order valence-corrected chi connectivity index (χ4v) is 2.71. The highest BCUT2D eigenvalue weighted by Crippen LogP contribution is 2.40. The number of ether oxygens (including phenoxy) is 1. The summed E-state index contributed by atoms with van der Waals surface area (Å²) in [4.78, 5) is 34.5. The maximum Gasteiger partial charge on any atom is 0.337 e. The van der Waals surface area contributed by atoms with Gasteiger partial charge in [0.05, 0.1) is 23.6 Å². The number of nitro groups is 1. The van der Waals surface area contributed by atoms with Gasteiger partial charge in [-0.25, -0.2) is 9.59 Å². The SMILES string of the molecule is CCCCC1=C(C(=O)OC)C(c2cc([N+](=O)[O-])c(O)cc2O)NC(=O)N1. The number of carbonyl (C=O) groups is 2. The van der Waals surface area contributed by atoms with Gasteiger partial charge in [0.2, 0.25) is 0 Å². The minimum absolute atomic E-state index is 0.0378. The van der Waals surface area contributed by atoms with E-state index >= 15 is 0 Å². The Labute approximate surface area is 148 Å². The zero-order valence-corrected chi connectivity index (χ0v) is 14.2. The average molecular weight is 365 g/mol. The molecular formula is C16H19N3O7. The number of allylic oxidation sites excluding steroid dienone is 1. The number of unbranched alkanes of at least 4 members (excludes halogenated alkanes) is 1. The molecule has 0 saturated carbocycles. The van der Waals surface area contributed by atoms with Crippen LogP contribution in [0.1, 0.15) is 37.8 Å². The fourth-order valence-electron chi connectivity index (χ4n) is 2.71. The molecule has 0 bridgehead atoms. The third-order valence-electron chi connectivity index (χ3n) is 3.97. The van der Waals surface area contributed by atoms with Crippen LogP contribution in [-0.4, -0.2) is 34.2 Å². The smallest absolute Gasteiger partial charge is 0.337 e. The van der Waals surface area contributed by atoms with Gasteiger partial charge in [-0.2, -0.15) is 0 Å². The Morgan fingerprint density at radius 3 is 2.62 bits per heavy atom. The lowest BCUT2D eigenvalue weighted by Gasteiger charge is -2.29. The second-order valence-electron chi connectivity index (χ2n) is 5.68. The predicted molar refractivity (Wildman–Crippen MR) is 89.4 cm³/mol. The molecule has 2 rings (SSSR count). The lowest BCUT2D eigenvalue weighted by atomic mass is 9.92. The Kier molecular flexibility index (Phi) is 5.65. The van der Waals surface area contributed by atoms with E-state index in [0.29, 0.717) is 18.5 Å². The third-order valence-corrected chi connectivity index (χ3v) is 3.97. The van der Waals surface area contributed by atoms with E-state index < -0.39 is 40.2 Å². The summed E-state index contributed by atoms with van der Waals surface area (Å²) >= 11 is 0. The molecule has 1 aromatic carbocycles. The minimum Gasteiger partial charge on any atom is -0.507 e. The van der Waals surface area contributed by atoms with Gasteiger partial charge in [0, 0.05) is 23.4 Å². The number of benzene rings is 1. The lowest BCUT2D eigenvalue weighted by Crippen LogP contribution is -2.46. The molecule has 0 saturated heterocycles. The van der Waals surface area contributed by atoms with Gasteiger partial charge in [0.15, 0.2) is 5.75 Å². The van der Waals surface area contributed by atoms with Gasteiger partial charge in [-0.15, -0.1) is 0 Å². The van der Waals surface area contributed by atoms with Crippen molar-refractivity contribution in [2.75, 3.05) is 7.11 Å². The molecule has 1 aliphatic rings. The zero-order valence-electron chi connectivity index (χ0n) is 14.2. The van der Waals surface area contributed by atoms with Gasteiger partial charge in [-0.3, -0.25) is 10.1 Å². The van der Waals surface area contributed by atoms with Crippen molar-refractivity contribution in [3.63, 3.8) is 0 Å². The third kappa shape index (κ3) is 3.68. The Balaban J connectivity index is 2.64. The van der Waals surface area contributed by atoms with Crippen molar-refractivity contribution in [2.24, 2.45) is 0 Å². The molecule has 1 atom stereocenters. The van der Waals surface area contributed by atoms with Crippen molar-refractivity contribution in [3.8, 4) is 11.5 Å². The van der Waals surface area contributed by atoms with E-state index in [-0.39, 0.29) is 11.1 Å². The molecule has 1 heterocycles. The number of methoxy groups -OCH3 is 1. The molecule has 0 aromatic heterocycles. The van der Waals surface area contributed by atoms with Crippen LogP contribution in [0.25, 0.3) is 0 Å². The fraction of sp³-hybridized carbons (Fsp3) is 0.375. The van der Waals surface area contributed by atoms with Crippen LogP contribution in [0.2, 0.25) is 0 Å². The van der Waals surface area contributed by atoms with E-state index in [9.17, 15) is 29.9 Å². The maximum atomic E-state index is 12.3. The van der Waals surface area contributed by atoms with Crippen LogP contribution in [0, 0.1) is 10.1 Å². The van der Waals surface area contributed by atoms with Gasteiger partial charge < -0.3 is 25.6 Å². The largest absolute Gasteiger partial charge is 0.507 e. The topological polar surface area (TPSA) is 151 Å². The number of urea groups is 1. The van der Waals surface area contributed by atoms with E-state index in [2.05, 4.69) is 10.6 Å². The van der Waals surface area contributed by atoms with Crippen molar-refractivity contribution in [2.45, 2.75) is 32.2 Å². The number of carbonyl (C=O) groups excluding carboxylic acids is 2. The second-order valence-corrected chi connectivity index (χ2v) is 5.68. The number of rotatable bonds is 6. The van der Waals surface area contributed by atoms with Crippen LogP contribution in [0.5, 0.6) is 11.5 Å². The number of aromatic hydroxyl groups is 2. The Bertz CT molecular complexity index is 788. The predicted octanol–water partition coefficient (Wildman–Crippen LogP) is 1.98. The molecule has 1 unspecified atom stereocenters. The summed E-state index contributed by atoms with van der Waals surface area (Å²) in [6, 6.07) is -0.0740. The Morgan fingerprint density at radius 1 is 1.35 bits per heavy atom. The van der Waals surface area contributed by atoms with Gasteiger partial charge >= 0.3 is 17.7 Å². The molecular weight excluding hydrogens is 346 g/mol. The summed E-state index contributed by atoms with van der Waals surface area (Å²) in [5.41, 5.74) is -0.401. The molecule has 1 aromatic rings. The first-order valence-electron chi connectivity index (χ1n) is 7.89. The maximum absolute atomic E-state index is 12.3. The number of esters is 1. The summed E-state index contributed by atoms with van der Waals surface area (Å²) in [6.07, 6.45) is 1.87. The van der Waals surface area contributed by atoms with Crippen molar-refractivity contribution in [3.05, 3.63) is 39.1 Å². The molecule has 4 N–H and O–H groups in total. The standard InChI is InChI=1S/C16H19N3O7/c1-3-4-5-9-13(15(22)26-2)14(18-16(23)17-9)8-6-10(19(24)25)12(21)7-11(8)20/h6-7,14,20-21H,3-5H2,1-2H3,(H2,17,18,23). The highest BCUT2D eigenvalue weighted by atomic mass is 16.6. The summed E-state index contributed by atoms with van der Waals surface area (Å²) in [5, 5.41) is 35.8. The number of nitro benzene ring substituents is 1. The number of nitrogens with one attached hydrogen (secondary N) is 2. The summed E-state index contributed by atoms with van der Waals surface area (Å²) < 4.78 is 4.78. The van der Waals surface area contributed by atoms with E-state index in [4.69, 9.17) is 4.74 Å². The van der Waals surface area contributed by atoms with Gasteiger partial charge in [-0.1, -0.05) is 13.3 Å². The molecule has 0 aliphatic carbocycles. The number of phenolic OH excluding ortho intramolecular Hbond substituents is 2. The summed E-state index contributed by atoms with van der Waals surface area (Å²) in [6.45, 7) is 1.94. The van der Waals surface area contributed by atoms with E-state index in [1.165, 1.54) is 7.11 Å². The minimum atomic E-state index is -1.16. The van der Waals surface area contributed by atoms with E-state index in [1.54, 1.807) is 0 Å².